The predicted octanol–water partition coefficient (Wildman–Crippen LogP) is 2.73. The van der Waals surface area contributed by atoms with Gasteiger partial charge in [0.15, 0.2) is 0 Å². The van der Waals surface area contributed by atoms with Crippen molar-refractivity contribution in [2.45, 2.75) is 45.6 Å². The summed E-state index contributed by atoms with van der Waals surface area (Å²) in [5, 5.41) is 3.49. The lowest BCUT2D eigenvalue weighted by molar-refractivity contribution is 0.363. The highest BCUT2D eigenvalue weighted by Crippen LogP contribution is 2.09. The first-order valence-electron chi connectivity index (χ1n) is 4.48. The molecule has 1 N–H and O–H groups in total. The molecule has 0 aromatic carbocycles. The van der Waals surface area contributed by atoms with Crippen LogP contribution in [0.15, 0.2) is 12.7 Å². The number of rotatable bonds is 6. The van der Waals surface area contributed by atoms with Gasteiger partial charge in [-0.25, -0.2) is 0 Å². The van der Waals surface area contributed by atoms with Crippen molar-refractivity contribution in [2.75, 3.05) is 6.54 Å². The van der Waals surface area contributed by atoms with Crippen molar-refractivity contribution in [2.24, 2.45) is 0 Å². The molecule has 0 rings (SSSR count). The fourth-order valence-electron chi connectivity index (χ4n) is 1.23. The van der Waals surface area contributed by atoms with Gasteiger partial charge in [-0.15, -0.1) is 6.58 Å². The van der Waals surface area contributed by atoms with Gasteiger partial charge in [-0.3, -0.25) is 0 Å². The van der Waals surface area contributed by atoms with E-state index in [9.17, 15) is 0 Å². The summed E-state index contributed by atoms with van der Waals surface area (Å²) >= 11 is 0. The Balaban J connectivity index is 3.45. The summed E-state index contributed by atoms with van der Waals surface area (Å²) in [6.07, 6.45) is 5.50. The Morgan fingerprint density at radius 3 is 2.55 bits per heavy atom. The summed E-state index contributed by atoms with van der Waals surface area (Å²) in [5.41, 5.74) is 0.303. The van der Waals surface area contributed by atoms with Crippen LogP contribution in [0, 0.1) is 0 Å². The van der Waals surface area contributed by atoms with Gasteiger partial charge in [0.05, 0.1) is 0 Å². The lowest BCUT2D eigenvalue weighted by atomic mass is 9.99. The molecule has 0 aromatic heterocycles. The van der Waals surface area contributed by atoms with Crippen LogP contribution in [0.4, 0.5) is 0 Å². The second-order valence-electron chi connectivity index (χ2n) is 3.64. The molecule has 0 aliphatic rings. The zero-order valence-electron chi connectivity index (χ0n) is 8.11. The molecule has 0 unspecified atom stereocenters. The normalized spacial score (nSPS) is 11.5. The van der Waals surface area contributed by atoms with E-state index in [1.807, 2.05) is 6.08 Å². The summed E-state index contributed by atoms with van der Waals surface area (Å²) in [6.45, 7) is 11.5. The average Bonchev–Trinajstić information content (AvgIpc) is 1.87. The van der Waals surface area contributed by atoms with Crippen LogP contribution in [0.2, 0.25) is 0 Å². The molecule has 0 atom stereocenters. The van der Waals surface area contributed by atoms with E-state index in [1.165, 1.54) is 12.8 Å². The van der Waals surface area contributed by atoms with Gasteiger partial charge >= 0.3 is 0 Å². The summed E-state index contributed by atoms with van der Waals surface area (Å²) in [5.74, 6) is 0. The predicted molar refractivity (Wildman–Crippen MR) is 51.8 cm³/mol. The fourth-order valence-corrected chi connectivity index (χ4v) is 1.23. The fraction of sp³-hybridized carbons (Fsp3) is 0.800. The molecule has 0 saturated carbocycles. The van der Waals surface area contributed by atoms with E-state index >= 15 is 0 Å². The standard InChI is InChI=1S/C10H21N/c1-5-7-9-11-10(3,4)8-6-2/h5,11H,1,6-9H2,2-4H3. The maximum absolute atomic E-state index is 3.69. The maximum Gasteiger partial charge on any atom is 0.0125 e. The van der Waals surface area contributed by atoms with Gasteiger partial charge in [-0.1, -0.05) is 19.4 Å². The van der Waals surface area contributed by atoms with Crippen LogP contribution in [-0.4, -0.2) is 12.1 Å². The van der Waals surface area contributed by atoms with Gasteiger partial charge < -0.3 is 5.32 Å². The molecule has 1 nitrogen and oxygen atoms in total. The lowest BCUT2D eigenvalue weighted by Gasteiger charge is -2.25. The second-order valence-corrected chi connectivity index (χ2v) is 3.64. The zero-order chi connectivity index (χ0) is 8.74. The van der Waals surface area contributed by atoms with Crippen LogP contribution >= 0.6 is 0 Å². The quantitative estimate of drug-likeness (QED) is 0.459. The lowest BCUT2D eigenvalue weighted by Crippen LogP contribution is -2.39. The van der Waals surface area contributed by atoms with E-state index in [1.54, 1.807) is 0 Å². The highest BCUT2D eigenvalue weighted by Gasteiger charge is 2.13. The first kappa shape index (κ1) is 10.7. The van der Waals surface area contributed by atoms with Crippen molar-refractivity contribution in [1.82, 2.24) is 5.32 Å². The zero-order valence-corrected chi connectivity index (χ0v) is 8.11. The highest BCUT2D eigenvalue weighted by molar-refractivity contribution is 4.78. The Labute approximate surface area is 70.9 Å². The molecule has 0 amide bonds. The molecule has 66 valence electrons. The minimum Gasteiger partial charge on any atom is -0.311 e. The molecule has 0 heterocycles. The Hall–Kier alpha value is -0.300. The minimum absolute atomic E-state index is 0.303. The number of hydrogen-bond acceptors (Lipinski definition) is 1. The Morgan fingerprint density at radius 2 is 2.09 bits per heavy atom. The van der Waals surface area contributed by atoms with Crippen LogP contribution in [0.25, 0.3) is 0 Å². The molecule has 0 spiro atoms. The summed E-state index contributed by atoms with van der Waals surface area (Å²) in [4.78, 5) is 0. The third-order valence-corrected chi connectivity index (χ3v) is 1.83. The molecule has 0 aliphatic heterocycles. The topological polar surface area (TPSA) is 12.0 Å². The van der Waals surface area contributed by atoms with Crippen molar-refractivity contribution < 1.29 is 0 Å². The smallest absolute Gasteiger partial charge is 0.0125 e. The molecule has 11 heavy (non-hydrogen) atoms. The van der Waals surface area contributed by atoms with Crippen molar-refractivity contribution >= 4 is 0 Å². The first-order valence-corrected chi connectivity index (χ1v) is 4.48. The van der Waals surface area contributed by atoms with E-state index in [0.29, 0.717) is 5.54 Å². The summed E-state index contributed by atoms with van der Waals surface area (Å²) in [7, 11) is 0. The molecule has 0 aliphatic carbocycles. The van der Waals surface area contributed by atoms with E-state index < -0.39 is 0 Å². The van der Waals surface area contributed by atoms with Gasteiger partial charge in [-0.2, -0.15) is 0 Å². The first-order chi connectivity index (χ1) is 5.12. The molecule has 1 heteroatoms. The molecule has 0 saturated heterocycles. The van der Waals surface area contributed by atoms with Gasteiger partial charge in [-0.05, 0) is 33.2 Å². The molecule has 0 bridgehead atoms. The van der Waals surface area contributed by atoms with Crippen LogP contribution < -0.4 is 5.32 Å². The maximum atomic E-state index is 3.69. The van der Waals surface area contributed by atoms with Gasteiger partial charge in [0, 0.05) is 5.54 Å². The van der Waals surface area contributed by atoms with Gasteiger partial charge in [0.2, 0.25) is 0 Å². The van der Waals surface area contributed by atoms with E-state index in [4.69, 9.17) is 0 Å². The molecular formula is C10H21N. The van der Waals surface area contributed by atoms with E-state index in [0.717, 1.165) is 13.0 Å². The average molecular weight is 155 g/mol. The van der Waals surface area contributed by atoms with Crippen molar-refractivity contribution in [1.29, 1.82) is 0 Å². The van der Waals surface area contributed by atoms with Crippen molar-refractivity contribution in [3.05, 3.63) is 12.7 Å². The largest absolute Gasteiger partial charge is 0.311 e. The minimum atomic E-state index is 0.303. The molecule has 0 fully saturated rings. The van der Waals surface area contributed by atoms with Crippen LogP contribution in [0.1, 0.15) is 40.0 Å². The highest BCUT2D eigenvalue weighted by atomic mass is 14.9. The van der Waals surface area contributed by atoms with Crippen LogP contribution in [-0.2, 0) is 0 Å². The molecule has 0 radical (unpaired) electrons. The van der Waals surface area contributed by atoms with Crippen molar-refractivity contribution in [3.63, 3.8) is 0 Å². The number of hydrogen-bond donors (Lipinski definition) is 1. The summed E-state index contributed by atoms with van der Waals surface area (Å²) < 4.78 is 0. The van der Waals surface area contributed by atoms with Crippen LogP contribution in [0.3, 0.4) is 0 Å². The Kier molecular flexibility index (Phi) is 5.22. The monoisotopic (exact) mass is 155 g/mol. The van der Waals surface area contributed by atoms with E-state index in [-0.39, 0.29) is 0 Å². The third kappa shape index (κ3) is 6.11. The molecule has 0 aromatic rings. The SMILES string of the molecule is C=CCCNC(C)(C)CCC. The Morgan fingerprint density at radius 1 is 1.45 bits per heavy atom. The van der Waals surface area contributed by atoms with Crippen molar-refractivity contribution in [3.8, 4) is 0 Å². The van der Waals surface area contributed by atoms with E-state index in [2.05, 4.69) is 32.7 Å². The number of nitrogens with one attached hydrogen (secondary N) is 1. The van der Waals surface area contributed by atoms with Gasteiger partial charge in [0.25, 0.3) is 0 Å². The summed E-state index contributed by atoms with van der Waals surface area (Å²) in [6, 6.07) is 0. The third-order valence-electron chi connectivity index (χ3n) is 1.83. The second kappa shape index (κ2) is 5.36. The molecular weight excluding hydrogens is 134 g/mol. The Bertz CT molecular complexity index is 105. The van der Waals surface area contributed by atoms with Crippen LogP contribution in [0.5, 0.6) is 0 Å². The van der Waals surface area contributed by atoms with Gasteiger partial charge in [0.1, 0.15) is 0 Å².